The predicted octanol–water partition coefficient (Wildman–Crippen LogP) is 1.71. The van der Waals surface area contributed by atoms with E-state index in [4.69, 9.17) is 0 Å². The molecule has 2 aliphatic rings. The molecule has 1 saturated heterocycles. The lowest BCUT2D eigenvalue weighted by molar-refractivity contribution is -0.132. The van der Waals surface area contributed by atoms with E-state index in [0.29, 0.717) is 18.4 Å². The van der Waals surface area contributed by atoms with Gasteiger partial charge in [0.1, 0.15) is 0 Å². The van der Waals surface area contributed by atoms with Crippen LogP contribution in [0.5, 0.6) is 0 Å². The lowest BCUT2D eigenvalue weighted by Gasteiger charge is -2.29. The number of nitrogens with zero attached hydrogens (tertiary/aromatic N) is 1. The monoisotopic (exact) mass is 244 g/mol. The summed E-state index contributed by atoms with van der Waals surface area (Å²) in [5.41, 5.74) is 2.72. The Morgan fingerprint density at radius 3 is 2.94 bits per heavy atom. The number of benzene rings is 1. The van der Waals surface area contributed by atoms with E-state index in [1.807, 2.05) is 4.90 Å². The largest absolute Gasteiger partial charge is 0.338 e. The molecule has 1 aromatic carbocycles. The number of amides is 1. The third-order valence-corrected chi connectivity index (χ3v) is 4.07. The molecule has 96 valence electrons. The van der Waals surface area contributed by atoms with Crippen LogP contribution in [0.3, 0.4) is 0 Å². The highest BCUT2D eigenvalue weighted by atomic mass is 16.2. The van der Waals surface area contributed by atoms with E-state index < -0.39 is 0 Å². The second-order valence-corrected chi connectivity index (χ2v) is 5.33. The molecule has 0 aromatic heterocycles. The van der Waals surface area contributed by atoms with Crippen molar-refractivity contribution in [2.24, 2.45) is 0 Å². The number of hydrogen-bond acceptors (Lipinski definition) is 2. The fourth-order valence-electron chi connectivity index (χ4n) is 2.98. The molecule has 0 radical (unpaired) electrons. The van der Waals surface area contributed by atoms with Crippen molar-refractivity contribution in [3.63, 3.8) is 0 Å². The number of nitrogens with one attached hydrogen (secondary N) is 1. The van der Waals surface area contributed by atoms with Gasteiger partial charge in [-0.2, -0.15) is 0 Å². The van der Waals surface area contributed by atoms with Crippen LogP contribution in [0.2, 0.25) is 0 Å². The van der Waals surface area contributed by atoms with Crippen LogP contribution in [0.4, 0.5) is 0 Å². The topological polar surface area (TPSA) is 32.3 Å². The van der Waals surface area contributed by atoms with Gasteiger partial charge in [-0.05, 0) is 36.9 Å². The van der Waals surface area contributed by atoms with Crippen molar-refractivity contribution < 1.29 is 4.79 Å². The maximum atomic E-state index is 12.2. The molecule has 1 N–H and O–H groups in total. The van der Waals surface area contributed by atoms with Crippen LogP contribution < -0.4 is 5.32 Å². The Morgan fingerprint density at radius 2 is 2.17 bits per heavy atom. The zero-order valence-electron chi connectivity index (χ0n) is 10.7. The summed E-state index contributed by atoms with van der Waals surface area (Å²) in [5.74, 6) is 0.309. The Balaban J connectivity index is 1.62. The highest BCUT2D eigenvalue weighted by Gasteiger charge is 2.24. The average Bonchev–Trinajstić information content (AvgIpc) is 2.91. The van der Waals surface area contributed by atoms with Crippen molar-refractivity contribution >= 4 is 5.91 Å². The van der Waals surface area contributed by atoms with Gasteiger partial charge in [0, 0.05) is 25.6 Å². The van der Waals surface area contributed by atoms with Gasteiger partial charge in [0.25, 0.3) is 0 Å². The van der Waals surface area contributed by atoms with E-state index in [1.54, 1.807) is 0 Å². The molecule has 3 heteroatoms. The predicted molar refractivity (Wildman–Crippen MR) is 71.2 cm³/mol. The Hall–Kier alpha value is -1.35. The normalized spacial score (nSPS) is 22.9. The fraction of sp³-hybridized carbons (Fsp3) is 0.533. The lowest BCUT2D eigenvalue weighted by Crippen LogP contribution is -2.39. The number of hydrogen-bond donors (Lipinski definition) is 1. The molecule has 0 bridgehead atoms. The Kier molecular flexibility index (Phi) is 3.33. The van der Waals surface area contributed by atoms with Crippen molar-refractivity contribution in [3.05, 3.63) is 35.4 Å². The molecule has 1 aromatic rings. The molecule has 1 atom stereocenters. The molecule has 1 fully saturated rings. The van der Waals surface area contributed by atoms with E-state index in [0.717, 1.165) is 32.5 Å². The summed E-state index contributed by atoms with van der Waals surface area (Å²) in [7, 11) is 0. The summed E-state index contributed by atoms with van der Waals surface area (Å²) in [6, 6.07) is 8.87. The molecule has 3 rings (SSSR count). The van der Waals surface area contributed by atoms with Crippen molar-refractivity contribution in [1.82, 2.24) is 10.2 Å². The molecule has 1 amide bonds. The Labute approximate surface area is 108 Å². The average molecular weight is 244 g/mol. The van der Waals surface area contributed by atoms with Crippen LogP contribution in [-0.4, -0.2) is 29.9 Å². The summed E-state index contributed by atoms with van der Waals surface area (Å²) in [6.45, 7) is 2.74. The molecule has 2 aliphatic heterocycles. The van der Waals surface area contributed by atoms with Gasteiger partial charge in [0.05, 0.1) is 0 Å². The zero-order chi connectivity index (χ0) is 12.4. The molecular formula is C15H20N2O. The van der Waals surface area contributed by atoms with E-state index in [1.165, 1.54) is 17.5 Å². The number of carbonyl (C=O) groups excluding carboxylic acids is 1. The van der Waals surface area contributed by atoms with Gasteiger partial charge in [-0.1, -0.05) is 24.3 Å². The molecular weight excluding hydrogens is 224 g/mol. The van der Waals surface area contributed by atoms with Gasteiger partial charge >= 0.3 is 0 Å². The van der Waals surface area contributed by atoms with Crippen molar-refractivity contribution in [2.75, 3.05) is 13.1 Å². The second-order valence-electron chi connectivity index (χ2n) is 5.33. The van der Waals surface area contributed by atoms with E-state index >= 15 is 0 Å². The highest BCUT2D eigenvalue weighted by Crippen LogP contribution is 2.20. The summed E-state index contributed by atoms with van der Waals surface area (Å²) < 4.78 is 0. The lowest BCUT2D eigenvalue weighted by atomic mass is 9.99. The van der Waals surface area contributed by atoms with Crippen molar-refractivity contribution in [2.45, 2.75) is 38.3 Å². The SMILES string of the molecule is O=C(CC1CCCN1)N1CCc2ccccc2C1. The first-order chi connectivity index (χ1) is 8.83. The van der Waals surface area contributed by atoms with Gasteiger partial charge in [0.15, 0.2) is 0 Å². The van der Waals surface area contributed by atoms with E-state index in [9.17, 15) is 4.79 Å². The Morgan fingerprint density at radius 1 is 1.33 bits per heavy atom. The van der Waals surface area contributed by atoms with Crippen LogP contribution in [-0.2, 0) is 17.8 Å². The fourth-order valence-corrected chi connectivity index (χ4v) is 2.98. The van der Waals surface area contributed by atoms with Gasteiger partial charge in [-0.3, -0.25) is 4.79 Å². The third kappa shape index (κ3) is 2.41. The van der Waals surface area contributed by atoms with Gasteiger partial charge < -0.3 is 10.2 Å². The summed E-state index contributed by atoms with van der Waals surface area (Å²) >= 11 is 0. The van der Waals surface area contributed by atoms with Gasteiger partial charge in [0.2, 0.25) is 5.91 Å². The van der Waals surface area contributed by atoms with Gasteiger partial charge in [-0.15, -0.1) is 0 Å². The highest BCUT2D eigenvalue weighted by molar-refractivity contribution is 5.77. The molecule has 1 unspecified atom stereocenters. The standard InChI is InChI=1S/C15H20N2O/c18-15(10-14-6-3-8-16-14)17-9-7-12-4-1-2-5-13(12)11-17/h1-2,4-5,14,16H,3,6-11H2. The summed E-state index contributed by atoms with van der Waals surface area (Å²) in [5, 5.41) is 3.40. The Bertz CT molecular complexity index is 438. The van der Waals surface area contributed by atoms with Crippen molar-refractivity contribution in [3.8, 4) is 0 Å². The van der Waals surface area contributed by atoms with Crippen LogP contribution in [0.1, 0.15) is 30.4 Å². The van der Waals surface area contributed by atoms with E-state index in [2.05, 4.69) is 29.6 Å². The molecule has 0 aliphatic carbocycles. The molecule has 0 spiro atoms. The van der Waals surface area contributed by atoms with Crippen molar-refractivity contribution in [1.29, 1.82) is 0 Å². The third-order valence-electron chi connectivity index (χ3n) is 4.07. The molecule has 2 heterocycles. The van der Waals surface area contributed by atoms with Crippen LogP contribution in [0.15, 0.2) is 24.3 Å². The smallest absolute Gasteiger partial charge is 0.224 e. The maximum Gasteiger partial charge on any atom is 0.224 e. The minimum Gasteiger partial charge on any atom is -0.338 e. The second kappa shape index (κ2) is 5.11. The zero-order valence-corrected chi connectivity index (χ0v) is 10.7. The summed E-state index contributed by atoms with van der Waals surface area (Å²) in [6.07, 6.45) is 4.03. The van der Waals surface area contributed by atoms with Crippen LogP contribution >= 0.6 is 0 Å². The number of carbonyl (C=O) groups is 1. The molecule has 18 heavy (non-hydrogen) atoms. The number of fused-ring (bicyclic) bond motifs is 1. The van der Waals surface area contributed by atoms with E-state index in [-0.39, 0.29) is 0 Å². The maximum absolute atomic E-state index is 12.2. The number of rotatable bonds is 2. The first-order valence-electron chi connectivity index (χ1n) is 6.91. The molecule has 0 saturated carbocycles. The minimum atomic E-state index is 0.309. The summed E-state index contributed by atoms with van der Waals surface area (Å²) in [4.78, 5) is 14.3. The first kappa shape index (κ1) is 11.7. The van der Waals surface area contributed by atoms with Gasteiger partial charge in [-0.25, -0.2) is 0 Å². The molecule has 3 nitrogen and oxygen atoms in total. The van der Waals surface area contributed by atoms with Crippen LogP contribution in [0.25, 0.3) is 0 Å². The minimum absolute atomic E-state index is 0.309. The quantitative estimate of drug-likeness (QED) is 0.859. The van der Waals surface area contributed by atoms with Crippen LogP contribution in [0, 0.1) is 0 Å². The first-order valence-corrected chi connectivity index (χ1v) is 6.91.